The highest BCUT2D eigenvalue weighted by Gasteiger charge is 2.27. The lowest BCUT2D eigenvalue weighted by Crippen LogP contribution is -2.45. The Morgan fingerprint density at radius 1 is 1.60 bits per heavy atom. The molecule has 5 heteroatoms. The van der Waals surface area contributed by atoms with E-state index in [0.29, 0.717) is 11.7 Å². The van der Waals surface area contributed by atoms with E-state index < -0.39 is 6.04 Å². The zero-order valence-electron chi connectivity index (χ0n) is 8.73. The molecular formula is C10H16N2O2S. The fraction of sp³-hybridized carbons (Fsp3) is 0.600. The summed E-state index contributed by atoms with van der Waals surface area (Å²) in [5.74, 6) is -0.235. The van der Waals surface area contributed by atoms with Gasteiger partial charge in [-0.15, -0.1) is 6.58 Å². The molecule has 1 saturated carbocycles. The molecule has 0 radical (unpaired) electrons. The van der Waals surface area contributed by atoms with Crippen LogP contribution < -0.4 is 10.0 Å². The lowest BCUT2D eigenvalue weighted by molar-refractivity contribution is -0.124. The summed E-state index contributed by atoms with van der Waals surface area (Å²) in [7, 11) is 0. The Balaban J connectivity index is 2.40. The molecular weight excluding hydrogens is 212 g/mol. The molecule has 0 spiro atoms. The van der Waals surface area contributed by atoms with Crippen LogP contribution in [0.25, 0.3) is 0 Å². The second-order valence-electron chi connectivity index (χ2n) is 3.64. The first-order chi connectivity index (χ1) is 7.19. The van der Waals surface area contributed by atoms with Gasteiger partial charge in [-0.05, 0) is 24.8 Å². The van der Waals surface area contributed by atoms with Gasteiger partial charge < -0.3 is 5.32 Å². The molecule has 2 N–H and O–H groups in total. The van der Waals surface area contributed by atoms with Gasteiger partial charge in [-0.2, -0.15) is 0 Å². The Morgan fingerprint density at radius 3 is 2.73 bits per heavy atom. The molecule has 1 rings (SSSR count). The minimum Gasteiger partial charge on any atom is -0.346 e. The highest BCUT2D eigenvalue weighted by molar-refractivity contribution is 7.98. The van der Waals surface area contributed by atoms with E-state index in [1.807, 2.05) is 6.92 Å². The van der Waals surface area contributed by atoms with Crippen molar-refractivity contribution in [2.75, 3.05) is 0 Å². The molecule has 0 aromatic rings. The van der Waals surface area contributed by atoms with E-state index >= 15 is 0 Å². The predicted octanol–water partition coefficient (Wildman–Crippen LogP) is 0.850. The van der Waals surface area contributed by atoms with Crippen molar-refractivity contribution in [3.05, 3.63) is 12.7 Å². The third-order valence-corrected chi connectivity index (χ3v) is 3.40. The minimum atomic E-state index is -0.522. The highest BCUT2D eigenvalue weighted by Crippen LogP contribution is 2.31. The standard InChI is InChI=1S/C10H16N2O2S/c1-3-7(2)9(11-6-13)10(14)12-15-8-4-5-8/h3,6-9H,1,4-5H2,2H3,(H,11,13)(H,12,14). The number of hydrogen-bond donors (Lipinski definition) is 2. The summed E-state index contributed by atoms with van der Waals surface area (Å²) in [6, 6.07) is -0.522. The second-order valence-corrected chi connectivity index (χ2v) is 4.75. The van der Waals surface area contributed by atoms with Gasteiger partial charge in [0.1, 0.15) is 6.04 Å². The van der Waals surface area contributed by atoms with E-state index in [2.05, 4.69) is 16.6 Å². The van der Waals surface area contributed by atoms with Crippen LogP contribution in [0.2, 0.25) is 0 Å². The smallest absolute Gasteiger partial charge is 0.252 e. The Morgan fingerprint density at radius 2 is 2.27 bits per heavy atom. The molecule has 0 aromatic heterocycles. The SMILES string of the molecule is C=CC(C)C(NC=O)C(=O)NSC1CC1. The van der Waals surface area contributed by atoms with Crippen LogP contribution in [0, 0.1) is 5.92 Å². The Hall–Kier alpha value is -0.970. The van der Waals surface area contributed by atoms with Crippen LogP contribution >= 0.6 is 11.9 Å². The Kier molecular flexibility index (Phi) is 4.68. The van der Waals surface area contributed by atoms with Gasteiger partial charge in [0.15, 0.2) is 0 Å². The largest absolute Gasteiger partial charge is 0.346 e. The van der Waals surface area contributed by atoms with Crippen LogP contribution in [0.4, 0.5) is 0 Å². The van der Waals surface area contributed by atoms with Crippen LogP contribution in [0.5, 0.6) is 0 Å². The number of carbonyl (C=O) groups excluding carboxylic acids is 2. The molecule has 0 heterocycles. The van der Waals surface area contributed by atoms with Crippen molar-refractivity contribution < 1.29 is 9.59 Å². The van der Waals surface area contributed by atoms with Gasteiger partial charge >= 0.3 is 0 Å². The average molecular weight is 228 g/mol. The molecule has 2 amide bonds. The van der Waals surface area contributed by atoms with Gasteiger partial charge in [-0.1, -0.05) is 13.0 Å². The molecule has 1 aliphatic carbocycles. The predicted molar refractivity (Wildman–Crippen MR) is 61.1 cm³/mol. The first-order valence-corrected chi connectivity index (χ1v) is 5.84. The van der Waals surface area contributed by atoms with Gasteiger partial charge in [-0.3, -0.25) is 14.3 Å². The maximum Gasteiger partial charge on any atom is 0.252 e. The Bertz CT molecular complexity index is 254. The van der Waals surface area contributed by atoms with E-state index in [4.69, 9.17) is 0 Å². The fourth-order valence-electron chi connectivity index (χ4n) is 1.07. The number of hydrogen-bond acceptors (Lipinski definition) is 3. The highest BCUT2D eigenvalue weighted by atomic mass is 32.2. The second kappa shape index (κ2) is 5.80. The van der Waals surface area contributed by atoms with Crippen LogP contribution in [0.15, 0.2) is 12.7 Å². The molecule has 0 aromatic carbocycles. The lowest BCUT2D eigenvalue weighted by atomic mass is 10.0. The maximum atomic E-state index is 11.7. The summed E-state index contributed by atoms with van der Waals surface area (Å²) >= 11 is 1.44. The first kappa shape index (κ1) is 12.1. The monoisotopic (exact) mass is 228 g/mol. The molecule has 84 valence electrons. The third-order valence-electron chi connectivity index (χ3n) is 2.28. The molecule has 0 saturated heterocycles. The summed E-state index contributed by atoms with van der Waals surface area (Å²) in [4.78, 5) is 22.0. The zero-order chi connectivity index (χ0) is 11.3. The molecule has 15 heavy (non-hydrogen) atoms. The normalized spacial score (nSPS) is 18.7. The van der Waals surface area contributed by atoms with Crippen molar-refractivity contribution in [2.45, 2.75) is 31.1 Å². The van der Waals surface area contributed by atoms with E-state index in [1.165, 1.54) is 11.9 Å². The minimum absolute atomic E-state index is 0.0741. The average Bonchev–Trinajstić information content (AvgIpc) is 3.05. The van der Waals surface area contributed by atoms with Gasteiger partial charge in [0, 0.05) is 11.2 Å². The molecule has 0 bridgehead atoms. The van der Waals surface area contributed by atoms with Crippen LogP contribution in [0.3, 0.4) is 0 Å². The van der Waals surface area contributed by atoms with Gasteiger partial charge in [0.25, 0.3) is 5.91 Å². The molecule has 2 unspecified atom stereocenters. The van der Waals surface area contributed by atoms with Gasteiger partial charge in [0.05, 0.1) is 0 Å². The van der Waals surface area contributed by atoms with Crippen molar-refractivity contribution in [3.8, 4) is 0 Å². The molecule has 1 fully saturated rings. The lowest BCUT2D eigenvalue weighted by Gasteiger charge is -2.19. The summed E-state index contributed by atoms with van der Waals surface area (Å²) in [6.45, 7) is 5.45. The topological polar surface area (TPSA) is 58.2 Å². The van der Waals surface area contributed by atoms with E-state index in [0.717, 1.165) is 12.8 Å². The molecule has 4 nitrogen and oxygen atoms in total. The molecule has 0 aliphatic heterocycles. The maximum absolute atomic E-state index is 11.7. The molecule has 2 atom stereocenters. The Labute approximate surface area is 94.0 Å². The van der Waals surface area contributed by atoms with Crippen LogP contribution in [0.1, 0.15) is 19.8 Å². The van der Waals surface area contributed by atoms with E-state index in [-0.39, 0.29) is 11.8 Å². The van der Waals surface area contributed by atoms with Crippen molar-refractivity contribution >= 4 is 24.3 Å². The summed E-state index contributed by atoms with van der Waals surface area (Å²) < 4.78 is 2.75. The summed E-state index contributed by atoms with van der Waals surface area (Å²) in [5.41, 5.74) is 0. The quantitative estimate of drug-likeness (QED) is 0.386. The van der Waals surface area contributed by atoms with Crippen molar-refractivity contribution in [2.24, 2.45) is 5.92 Å². The van der Waals surface area contributed by atoms with Crippen LogP contribution in [-0.4, -0.2) is 23.6 Å². The number of nitrogens with one attached hydrogen (secondary N) is 2. The third kappa shape index (κ3) is 3.95. The van der Waals surface area contributed by atoms with Crippen molar-refractivity contribution in [1.29, 1.82) is 0 Å². The number of amides is 2. The van der Waals surface area contributed by atoms with Crippen molar-refractivity contribution in [1.82, 2.24) is 10.0 Å². The summed E-state index contributed by atoms with van der Waals surface area (Å²) in [5, 5.41) is 3.06. The zero-order valence-corrected chi connectivity index (χ0v) is 9.55. The molecule has 1 aliphatic rings. The first-order valence-electron chi connectivity index (χ1n) is 4.96. The van der Waals surface area contributed by atoms with Crippen molar-refractivity contribution in [3.63, 3.8) is 0 Å². The van der Waals surface area contributed by atoms with E-state index in [1.54, 1.807) is 6.08 Å². The van der Waals surface area contributed by atoms with Crippen LogP contribution in [-0.2, 0) is 9.59 Å². The van der Waals surface area contributed by atoms with E-state index in [9.17, 15) is 9.59 Å². The number of rotatable bonds is 7. The van der Waals surface area contributed by atoms with Gasteiger partial charge in [0.2, 0.25) is 6.41 Å². The summed E-state index contributed by atoms with van der Waals surface area (Å²) in [6.07, 6.45) is 4.52. The number of carbonyl (C=O) groups is 2. The fourth-order valence-corrected chi connectivity index (χ4v) is 1.85. The van der Waals surface area contributed by atoms with Gasteiger partial charge in [-0.25, -0.2) is 0 Å².